The highest BCUT2D eigenvalue weighted by Crippen LogP contribution is 2.18. The minimum Gasteiger partial charge on any atom is -0.488 e. The number of carbonyl (C=O) groups excluding carboxylic acids is 2. The number of benzene rings is 3. The van der Waals surface area contributed by atoms with Gasteiger partial charge in [-0.15, -0.1) is 0 Å². The topological polar surface area (TPSA) is 79.8 Å². The summed E-state index contributed by atoms with van der Waals surface area (Å²) in [5, 5.41) is 6.79. The lowest BCUT2D eigenvalue weighted by Gasteiger charge is -2.09. The molecule has 0 spiro atoms. The van der Waals surface area contributed by atoms with Crippen molar-refractivity contribution < 1.29 is 18.7 Å². The molecule has 0 atom stereocenters. The molecular formula is C22H17ClFN3O3. The normalized spacial score (nSPS) is 10.6. The van der Waals surface area contributed by atoms with Crippen molar-refractivity contribution in [3.8, 4) is 5.75 Å². The molecule has 0 aliphatic rings. The van der Waals surface area contributed by atoms with E-state index in [1.165, 1.54) is 30.5 Å². The highest BCUT2D eigenvalue weighted by atomic mass is 35.5. The van der Waals surface area contributed by atoms with Crippen molar-refractivity contribution in [2.24, 2.45) is 5.10 Å². The van der Waals surface area contributed by atoms with Crippen molar-refractivity contribution in [2.45, 2.75) is 6.61 Å². The van der Waals surface area contributed by atoms with Gasteiger partial charge in [-0.25, -0.2) is 9.82 Å². The number of carbonyl (C=O) groups is 2. The van der Waals surface area contributed by atoms with Crippen LogP contribution in [0.2, 0.25) is 5.02 Å². The molecule has 0 bridgehead atoms. The van der Waals surface area contributed by atoms with Crippen molar-refractivity contribution in [2.75, 3.05) is 5.32 Å². The lowest BCUT2D eigenvalue weighted by molar-refractivity contribution is -0.136. The van der Waals surface area contributed by atoms with Crippen LogP contribution < -0.4 is 15.5 Å². The molecule has 2 N–H and O–H groups in total. The predicted octanol–water partition coefficient (Wildman–Crippen LogP) is 4.15. The fraction of sp³-hybridized carbons (Fsp3) is 0.0455. The first kappa shape index (κ1) is 21.0. The zero-order valence-electron chi connectivity index (χ0n) is 15.6. The molecule has 152 valence electrons. The molecule has 0 saturated heterocycles. The van der Waals surface area contributed by atoms with Gasteiger partial charge in [-0.3, -0.25) is 9.59 Å². The zero-order valence-corrected chi connectivity index (χ0v) is 16.4. The van der Waals surface area contributed by atoms with E-state index >= 15 is 0 Å². The second-order valence-electron chi connectivity index (χ2n) is 6.11. The van der Waals surface area contributed by atoms with E-state index in [4.69, 9.17) is 16.3 Å². The molecule has 3 aromatic rings. The molecule has 2 amide bonds. The number of hydrogen-bond acceptors (Lipinski definition) is 4. The first-order valence-electron chi connectivity index (χ1n) is 8.87. The fourth-order valence-corrected chi connectivity index (χ4v) is 2.52. The first-order chi connectivity index (χ1) is 14.5. The summed E-state index contributed by atoms with van der Waals surface area (Å²) in [6, 6.07) is 19.4. The van der Waals surface area contributed by atoms with Gasteiger partial charge in [0.15, 0.2) is 0 Å². The van der Waals surface area contributed by atoms with Gasteiger partial charge in [0.1, 0.15) is 18.2 Å². The smallest absolute Gasteiger partial charge is 0.329 e. The first-order valence-corrected chi connectivity index (χ1v) is 9.25. The minimum absolute atomic E-state index is 0.293. The van der Waals surface area contributed by atoms with Gasteiger partial charge >= 0.3 is 11.8 Å². The molecule has 0 aromatic heterocycles. The predicted molar refractivity (Wildman–Crippen MR) is 113 cm³/mol. The second-order valence-corrected chi connectivity index (χ2v) is 6.55. The molecule has 8 heteroatoms. The average Bonchev–Trinajstić information content (AvgIpc) is 2.75. The highest BCUT2D eigenvalue weighted by Gasteiger charge is 2.13. The molecule has 6 nitrogen and oxygen atoms in total. The second kappa shape index (κ2) is 10.2. The summed E-state index contributed by atoms with van der Waals surface area (Å²) in [7, 11) is 0. The summed E-state index contributed by atoms with van der Waals surface area (Å²) in [6.07, 6.45) is 1.38. The third-order valence-corrected chi connectivity index (χ3v) is 4.16. The molecule has 0 unspecified atom stereocenters. The van der Waals surface area contributed by atoms with E-state index in [-0.39, 0.29) is 0 Å². The number of halogens is 2. The molecule has 0 fully saturated rings. The van der Waals surface area contributed by atoms with E-state index in [1.807, 2.05) is 18.2 Å². The Morgan fingerprint density at radius 1 is 0.967 bits per heavy atom. The Kier molecular flexibility index (Phi) is 7.13. The molecule has 0 radical (unpaired) electrons. The van der Waals surface area contributed by atoms with E-state index in [2.05, 4.69) is 15.8 Å². The van der Waals surface area contributed by atoms with Gasteiger partial charge in [0.25, 0.3) is 0 Å². The number of hydrogen-bond donors (Lipinski definition) is 2. The molecule has 0 aliphatic carbocycles. The zero-order chi connectivity index (χ0) is 21.3. The Balaban J connectivity index is 1.56. The van der Waals surface area contributed by atoms with Gasteiger partial charge < -0.3 is 10.1 Å². The average molecular weight is 426 g/mol. The van der Waals surface area contributed by atoms with Crippen LogP contribution in [0.4, 0.5) is 10.1 Å². The molecule has 30 heavy (non-hydrogen) atoms. The summed E-state index contributed by atoms with van der Waals surface area (Å²) in [5.74, 6) is -1.78. The van der Waals surface area contributed by atoms with E-state index in [0.29, 0.717) is 28.6 Å². The van der Waals surface area contributed by atoms with Crippen molar-refractivity contribution >= 4 is 35.3 Å². The van der Waals surface area contributed by atoms with Crippen LogP contribution in [0.25, 0.3) is 0 Å². The SMILES string of the molecule is O=C(N/N=C\c1ccccc1OCc1ccc(Cl)cc1)C(=O)Nc1ccc(F)cc1. The Hall–Kier alpha value is -3.71. The summed E-state index contributed by atoms with van der Waals surface area (Å²) in [5.41, 5.74) is 3.99. The van der Waals surface area contributed by atoms with Crippen LogP contribution in [-0.2, 0) is 16.2 Å². The summed E-state index contributed by atoms with van der Waals surface area (Å²) in [6.45, 7) is 0.328. The number of nitrogens with zero attached hydrogens (tertiary/aromatic N) is 1. The maximum Gasteiger partial charge on any atom is 0.329 e. The van der Waals surface area contributed by atoms with E-state index < -0.39 is 17.6 Å². The Morgan fingerprint density at radius 2 is 1.67 bits per heavy atom. The number of rotatable bonds is 6. The monoisotopic (exact) mass is 425 g/mol. The molecule has 3 rings (SSSR count). The third-order valence-electron chi connectivity index (χ3n) is 3.90. The number of anilines is 1. The fourth-order valence-electron chi connectivity index (χ4n) is 2.39. The van der Waals surface area contributed by atoms with Gasteiger partial charge in [-0.05, 0) is 54.1 Å². The van der Waals surface area contributed by atoms with Crippen molar-refractivity contribution in [1.29, 1.82) is 0 Å². The van der Waals surface area contributed by atoms with Crippen molar-refractivity contribution in [1.82, 2.24) is 5.43 Å². The maximum absolute atomic E-state index is 12.9. The molecule has 3 aromatic carbocycles. The van der Waals surface area contributed by atoms with Crippen LogP contribution in [0.3, 0.4) is 0 Å². The summed E-state index contributed by atoms with van der Waals surface area (Å²) >= 11 is 5.87. The Labute approximate surface area is 177 Å². The molecule has 0 heterocycles. The van der Waals surface area contributed by atoms with E-state index in [9.17, 15) is 14.0 Å². The van der Waals surface area contributed by atoms with Crippen LogP contribution in [0.5, 0.6) is 5.75 Å². The lowest BCUT2D eigenvalue weighted by atomic mass is 10.2. The number of ether oxygens (including phenoxy) is 1. The number of nitrogens with one attached hydrogen (secondary N) is 2. The molecule has 0 saturated carbocycles. The number of para-hydroxylation sites is 1. The van der Waals surface area contributed by atoms with Gasteiger partial charge in [-0.1, -0.05) is 35.9 Å². The van der Waals surface area contributed by atoms with Gasteiger partial charge in [0.2, 0.25) is 0 Å². The van der Waals surface area contributed by atoms with E-state index in [1.54, 1.807) is 30.3 Å². The Morgan fingerprint density at radius 3 is 2.40 bits per heavy atom. The van der Waals surface area contributed by atoms with Gasteiger partial charge in [0.05, 0.1) is 6.21 Å². The van der Waals surface area contributed by atoms with Crippen molar-refractivity contribution in [3.05, 3.63) is 94.8 Å². The van der Waals surface area contributed by atoms with Crippen LogP contribution >= 0.6 is 11.6 Å². The highest BCUT2D eigenvalue weighted by molar-refractivity contribution is 6.39. The third kappa shape index (κ3) is 6.15. The van der Waals surface area contributed by atoms with Gasteiger partial charge in [-0.2, -0.15) is 5.10 Å². The largest absolute Gasteiger partial charge is 0.488 e. The quantitative estimate of drug-likeness (QED) is 0.354. The Bertz CT molecular complexity index is 1050. The number of amides is 2. The van der Waals surface area contributed by atoms with Crippen LogP contribution in [0, 0.1) is 5.82 Å². The van der Waals surface area contributed by atoms with Gasteiger partial charge in [0, 0.05) is 16.3 Å². The number of hydrazone groups is 1. The van der Waals surface area contributed by atoms with E-state index in [0.717, 1.165) is 5.56 Å². The van der Waals surface area contributed by atoms with Crippen molar-refractivity contribution in [3.63, 3.8) is 0 Å². The lowest BCUT2D eigenvalue weighted by Crippen LogP contribution is -2.32. The standard InChI is InChI=1S/C22H17ClFN3O3/c23-17-7-5-15(6-8-17)14-30-20-4-2-1-3-16(20)13-25-27-22(29)21(28)26-19-11-9-18(24)10-12-19/h1-13H,14H2,(H,26,28)(H,27,29)/b25-13-. The van der Waals surface area contributed by atoms with Crippen LogP contribution in [0.1, 0.15) is 11.1 Å². The summed E-state index contributed by atoms with van der Waals surface area (Å²) in [4.78, 5) is 23.7. The van der Waals surface area contributed by atoms with Crippen LogP contribution in [-0.4, -0.2) is 18.0 Å². The van der Waals surface area contributed by atoms with Crippen LogP contribution in [0.15, 0.2) is 77.9 Å². The molecular weight excluding hydrogens is 409 g/mol. The molecule has 0 aliphatic heterocycles. The summed E-state index contributed by atoms with van der Waals surface area (Å²) < 4.78 is 18.7. The minimum atomic E-state index is -0.963. The maximum atomic E-state index is 12.9.